The van der Waals surface area contributed by atoms with Crippen LogP contribution in [0.15, 0.2) is 128 Å². The third-order valence-corrected chi connectivity index (χ3v) is 16.8. The number of benzene rings is 5. The Morgan fingerprint density at radius 2 is 1.39 bits per heavy atom. The first-order valence-corrected chi connectivity index (χ1v) is 29.8. The zero-order valence-electron chi connectivity index (χ0n) is 37.6. The maximum absolute atomic E-state index is 5.25. The third-order valence-electron chi connectivity index (χ3n) is 11.4. The summed E-state index contributed by atoms with van der Waals surface area (Å²) in [6, 6.07) is 49.9. The van der Waals surface area contributed by atoms with Gasteiger partial charge < -0.3 is 4.57 Å². The van der Waals surface area contributed by atoms with Crippen molar-refractivity contribution in [3.63, 3.8) is 0 Å². The molecule has 0 aliphatic heterocycles. The summed E-state index contributed by atoms with van der Waals surface area (Å²) < 4.78 is 5.13. The Labute approximate surface area is 388 Å². The molecule has 5 aromatic carbocycles. The monoisotopic (exact) mass is 1070 g/mol. The number of thiophene rings is 1. The van der Waals surface area contributed by atoms with Gasteiger partial charge in [0.2, 0.25) is 0 Å². The first-order chi connectivity index (χ1) is 29.3. The second kappa shape index (κ2) is 18.9. The van der Waals surface area contributed by atoms with Gasteiger partial charge in [-0.25, -0.2) is 4.98 Å². The maximum atomic E-state index is 5.25. The van der Waals surface area contributed by atoms with Crippen LogP contribution in [0, 0.1) is 25.0 Å². The largest absolute Gasteiger partial charge is 0.333 e. The number of aromatic nitrogens is 4. The maximum Gasteiger partial charge on any atom is 0.114 e. The van der Waals surface area contributed by atoms with Crippen molar-refractivity contribution in [3.05, 3.63) is 162 Å². The van der Waals surface area contributed by atoms with Crippen molar-refractivity contribution in [2.24, 2.45) is 5.92 Å². The Morgan fingerprint density at radius 1 is 0.694 bits per heavy atom. The Balaban J connectivity index is 0.000000233. The summed E-state index contributed by atoms with van der Waals surface area (Å²) in [6.45, 7) is 15.8. The summed E-state index contributed by atoms with van der Waals surface area (Å²) in [5.74, 6) is 9.56. The van der Waals surface area contributed by atoms with Gasteiger partial charge >= 0.3 is 126 Å². The van der Waals surface area contributed by atoms with Crippen molar-refractivity contribution in [2.75, 3.05) is 0 Å². The molecule has 0 spiro atoms. The van der Waals surface area contributed by atoms with Crippen LogP contribution in [0.25, 0.3) is 70.8 Å². The van der Waals surface area contributed by atoms with Crippen molar-refractivity contribution in [1.82, 2.24) is 19.5 Å². The number of hydrogen-bond donors (Lipinski definition) is 0. The molecule has 317 valence electrons. The van der Waals surface area contributed by atoms with Crippen LogP contribution in [-0.4, -0.2) is 32.8 Å². The molecule has 62 heavy (non-hydrogen) atoms. The van der Waals surface area contributed by atoms with Crippen LogP contribution in [-0.2, 0) is 26.5 Å². The number of hydrogen-bond acceptors (Lipinski definition) is 4. The number of fused-ring (bicyclic) bond motifs is 4. The first kappa shape index (κ1) is 45.3. The summed E-state index contributed by atoms with van der Waals surface area (Å²) in [5.41, 5.74) is 14.1. The molecular weight excluding hydrogens is 1010 g/mol. The van der Waals surface area contributed by atoms with Gasteiger partial charge in [-0.05, 0) is 81.4 Å². The Hall–Kier alpha value is -4.72. The van der Waals surface area contributed by atoms with E-state index in [1.165, 1.54) is 49.0 Å². The molecule has 0 saturated carbocycles. The summed E-state index contributed by atoms with van der Waals surface area (Å²) >= 11 is -0.130. The van der Waals surface area contributed by atoms with E-state index in [0.29, 0.717) is 17.8 Å². The van der Waals surface area contributed by atoms with Gasteiger partial charge in [0.05, 0.1) is 16.9 Å². The number of aryl methyl sites for hydroxylation is 1. The predicted octanol–water partition coefficient (Wildman–Crippen LogP) is 14.8. The van der Waals surface area contributed by atoms with Crippen LogP contribution in [0.5, 0.6) is 0 Å². The van der Waals surface area contributed by atoms with Crippen molar-refractivity contribution in [2.45, 2.75) is 84.0 Å². The Kier molecular flexibility index (Phi) is 13.8. The van der Waals surface area contributed by atoms with Crippen molar-refractivity contribution >= 4 is 60.3 Å². The van der Waals surface area contributed by atoms with Gasteiger partial charge in [-0.15, -0.1) is 23.8 Å². The summed E-state index contributed by atoms with van der Waals surface area (Å²) in [4.78, 5) is 15.8. The van der Waals surface area contributed by atoms with Gasteiger partial charge in [-0.2, -0.15) is 11.3 Å². The van der Waals surface area contributed by atoms with Crippen LogP contribution < -0.4 is 4.40 Å². The van der Waals surface area contributed by atoms with Crippen LogP contribution >= 0.6 is 11.3 Å². The van der Waals surface area contributed by atoms with Crippen molar-refractivity contribution in [1.29, 1.82) is 0 Å². The van der Waals surface area contributed by atoms with Gasteiger partial charge in [0.25, 0.3) is 0 Å². The number of rotatable bonds is 9. The molecule has 4 heterocycles. The molecule has 9 aromatic rings. The van der Waals surface area contributed by atoms with E-state index in [4.69, 9.17) is 15.0 Å². The van der Waals surface area contributed by atoms with E-state index >= 15 is 0 Å². The number of pyridine rings is 2. The third kappa shape index (κ3) is 9.45. The molecule has 0 aliphatic rings. The molecule has 1 radical (unpaired) electrons. The topological polar surface area (TPSA) is 43.6 Å². The fraction of sp³-hybridized carbons (Fsp3) is 0.255. The zero-order chi connectivity index (χ0) is 43.0. The molecule has 9 rings (SSSR count). The van der Waals surface area contributed by atoms with E-state index in [0.717, 1.165) is 50.6 Å². The normalized spacial score (nSPS) is 11.8. The number of nitrogens with zero attached hydrogens (tertiary/aromatic N) is 4. The quantitative estimate of drug-likeness (QED) is 0.107. The number of para-hydroxylation sites is 2. The van der Waals surface area contributed by atoms with Crippen molar-refractivity contribution in [3.8, 4) is 39.5 Å². The molecule has 0 unspecified atom stereocenters. The molecule has 4 aromatic heterocycles. The molecule has 4 nitrogen and oxygen atoms in total. The minimum Gasteiger partial charge on any atom is -0.333 e. The van der Waals surface area contributed by atoms with Gasteiger partial charge in [0, 0.05) is 31.5 Å². The molecule has 0 bridgehead atoms. The zero-order valence-corrected chi connectivity index (χ0v) is 42.9. The fourth-order valence-electron chi connectivity index (χ4n) is 8.35. The van der Waals surface area contributed by atoms with Crippen LogP contribution in [0.4, 0.5) is 0 Å². The predicted molar refractivity (Wildman–Crippen MR) is 264 cm³/mol. The Morgan fingerprint density at radius 3 is 2.05 bits per heavy atom. The second-order valence-corrected chi connectivity index (χ2v) is 29.9. The summed E-state index contributed by atoms with van der Waals surface area (Å²) in [5, 5.41) is 2.39. The van der Waals surface area contributed by atoms with E-state index in [1.54, 1.807) is 15.7 Å². The van der Waals surface area contributed by atoms with Gasteiger partial charge in [0.1, 0.15) is 4.83 Å². The van der Waals surface area contributed by atoms with Crippen molar-refractivity contribution < 1.29 is 20.1 Å². The van der Waals surface area contributed by atoms with E-state index < -0.39 is 13.3 Å². The minimum atomic E-state index is -1.86. The van der Waals surface area contributed by atoms with E-state index in [-0.39, 0.29) is 20.1 Å². The van der Waals surface area contributed by atoms with E-state index in [9.17, 15) is 0 Å². The number of imidazole rings is 1. The smallest absolute Gasteiger partial charge is 0.114 e. The average Bonchev–Trinajstić information content (AvgIpc) is 3.81. The molecule has 7 heteroatoms. The molecule has 0 amide bonds. The van der Waals surface area contributed by atoms with E-state index in [2.05, 4.69) is 185 Å². The van der Waals surface area contributed by atoms with Crippen LogP contribution in [0.2, 0.25) is 17.3 Å². The SMILES string of the molecule is CC(C)Cc1cc(-c2[c-]cccc2)nc[c]1[Ge]([CH3])([CH3])[CH3].Cc1ccc2c(n1)sc1c[c-]c(-c3nc4ccccc4n3-c3c(C(C)C)cc(-c4ccccc4)cc3C(C)C)cc12.[Ir]. The molecular formula is C55H56GeIrN4S-2. The summed E-state index contributed by atoms with van der Waals surface area (Å²) in [6.07, 6.45) is 3.27. The summed E-state index contributed by atoms with van der Waals surface area (Å²) in [7, 11) is 0. The molecule has 0 N–H and O–H groups in total. The van der Waals surface area contributed by atoms with E-state index in [1.807, 2.05) is 25.1 Å². The minimum absolute atomic E-state index is 0. The molecule has 0 fully saturated rings. The Bertz CT molecular complexity index is 2950. The molecule has 0 atom stereocenters. The standard InChI is InChI=1S/C37H32N3S.C18H24GeN.Ir/c1-22(2)29-20-27(25-11-7-6-8-12-25)21-30(23(3)4)35(29)40-33-14-10-9-13-32(33)39-36(40)26-16-18-34-31(19-26)28-17-15-24(5)38-37(28)41-34;1-14(2)11-16-12-18(15-9-7-6-8-10-15)20-13-17(16)19(3,4)5;/h6-15,17-23H,1-5H3;6-9,12-14H,11H2,1-5H3;/q2*-1;. The first-order valence-electron chi connectivity index (χ1n) is 21.7. The van der Waals surface area contributed by atoms with Gasteiger partial charge in [-0.1, -0.05) is 81.6 Å². The van der Waals surface area contributed by atoms with Gasteiger partial charge in [0.15, 0.2) is 0 Å². The van der Waals surface area contributed by atoms with Gasteiger partial charge in [-0.3, -0.25) is 4.98 Å². The molecule has 0 aliphatic carbocycles. The second-order valence-electron chi connectivity index (χ2n) is 18.3. The molecule has 0 saturated heterocycles. The average molecular weight is 1070 g/mol. The fourth-order valence-corrected chi connectivity index (χ4v) is 12.8. The van der Waals surface area contributed by atoms with Crippen LogP contribution in [0.1, 0.15) is 75.8 Å². The van der Waals surface area contributed by atoms with Crippen LogP contribution in [0.3, 0.4) is 0 Å².